The van der Waals surface area contributed by atoms with Crippen LogP contribution in [0.1, 0.15) is 96.1 Å². The summed E-state index contributed by atoms with van der Waals surface area (Å²) in [6, 6.07) is 8.66. The number of carboxylic acids is 1. The van der Waals surface area contributed by atoms with Gasteiger partial charge in [-0.25, -0.2) is 0 Å². The second-order valence-corrected chi connectivity index (χ2v) is 20.0. The van der Waals surface area contributed by atoms with Gasteiger partial charge in [0.15, 0.2) is 5.71 Å². The number of fused-ring (bicyclic) bond motifs is 2. The Morgan fingerprint density at radius 1 is 0.831 bits per heavy atom. The highest BCUT2D eigenvalue weighted by molar-refractivity contribution is 7.86. The molecule has 4 rings (SSSR count). The van der Waals surface area contributed by atoms with Gasteiger partial charge in [0.1, 0.15) is 6.54 Å². The van der Waals surface area contributed by atoms with Gasteiger partial charge < -0.3 is 20.1 Å². The van der Waals surface area contributed by atoms with Crippen molar-refractivity contribution in [2.45, 2.75) is 106 Å². The number of nitrogens with zero attached hydrogens (tertiary/aromatic N) is 2. The van der Waals surface area contributed by atoms with Crippen LogP contribution in [0.5, 0.6) is 0 Å². The van der Waals surface area contributed by atoms with E-state index in [2.05, 4.69) is 9.89 Å². The predicted molar refractivity (Wildman–Crippen MR) is 222 cm³/mol. The van der Waals surface area contributed by atoms with Crippen molar-refractivity contribution >= 4 is 59.3 Å². The van der Waals surface area contributed by atoms with E-state index >= 15 is 0 Å². The number of hydrogen-bond donors (Lipinski definition) is 5. The van der Waals surface area contributed by atoms with E-state index in [1.807, 2.05) is 43.9 Å². The van der Waals surface area contributed by atoms with Crippen molar-refractivity contribution in [2.24, 2.45) is 0 Å². The van der Waals surface area contributed by atoms with Crippen molar-refractivity contribution in [1.29, 1.82) is 0 Å². The van der Waals surface area contributed by atoms with E-state index < -0.39 is 52.9 Å². The van der Waals surface area contributed by atoms with E-state index in [0.717, 1.165) is 11.4 Å². The molecule has 2 aliphatic heterocycles. The van der Waals surface area contributed by atoms with Crippen molar-refractivity contribution in [3.8, 4) is 0 Å². The summed E-state index contributed by atoms with van der Waals surface area (Å²) < 4.78 is 109. The summed E-state index contributed by atoms with van der Waals surface area (Å²) in [6.07, 6.45) is 10.1. The minimum Gasteiger partial charge on any atom is -0.481 e. The number of benzene rings is 2. The van der Waals surface area contributed by atoms with Crippen LogP contribution < -0.4 is 10.2 Å². The molecule has 1 amide bonds. The molecule has 2 aliphatic rings. The number of methoxy groups -OCH3 is 1. The van der Waals surface area contributed by atoms with Crippen LogP contribution in [-0.2, 0) is 55.5 Å². The number of anilines is 1. The Bertz CT molecular complexity index is 2320. The molecule has 1 atom stereocenters. The number of carbonyl (C=O) groups excluding carboxylic acids is 1. The van der Waals surface area contributed by atoms with Crippen molar-refractivity contribution in [3.63, 3.8) is 0 Å². The van der Waals surface area contributed by atoms with Crippen LogP contribution in [0.3, 0.4) is 0 Å². The molecule has 0 saturated carbocycles. The molecule has 326 valence electrons. The normalized spacial score (nSPS) is 18.5. The third-order valence-electron chi connectivity index (χ3n) is 10.9. The molecule has 0 spiro atoms. The smallest absolute Gasteiger partial charge is 0.303 e. The molecule has 0 saturated heterocycles. The van der Waals surface area contributed by atoms with Crippen LogP contribution in [0.25, 0.3) is 0 Å². The fourth-order valence-electron chi connectivity index (χ4n) is 7.93. The average molecular weight is 883 g/mol. The van der Waals surface area contributed by atoms with E-state index in [1.54, 1.807) is 19.2 Å². The van der Waals surface area contributed by atoms with E-state index in [4.69, 9.17) is 4.74 Å². The zero-order chi connectivity index (χ0) is 43.8. The van der Waals surface area contributed by atoms with Crippen LogP contribution in [0.4, 0.5) is 11.4 Å². The second kappa shape index (κ2) is 19.6. The molecule has 0 fully saturated rings. The minimum atomic E-state index is -4.57. The maximum Gasteiger partial charge on any atom is 0.303 e. The first kappa shape index (κ1) is 47.7. The number of amides is 1. The van der Waals surface area contributed by atoms with Crippen LogP contribution in [0, 0.1) is 0 Å². The van der Waals surface area contributed by atoms with Gasteiger partial charge in [-0.2, -0.15) is 29.8 Å². The van der Waals surface area contributed by atoms with Crippen molar-refractivity contribution in [1.82, 2.24) is 5.32 Å². The topological polar surface area (TPSA) is 245 Å². The molecule has 0 aliphatic carbocycles. The lowest BCUT2D eigenvalue weighted by Gasteiger charge is -2.27. The predicted octanol–water partition coefficient (Wildman–Crippen LogP) is 5.41. The first-order valence-corrected chi connectivity index (χ1v) is 24.0. The summed E-state index contributed by atoms with van der Waals surface area (Å²) in [5, 5.41) is 12.0. The summed E-state index contributed by atoms with van der Waals surface area (Å²) in [7, 11) is -11.8. The van der Waals surface area contributed by atoms with Crippen LogP contribution in [0.15, 0.2) is 70.1 Å². The second-order valence-electron chi connectivity index (χ2n) is 15.6. The standard InChI is InChI=1S/C40H55N3O13S3/c1-39(2)31-27-29(58(50,51)52)17-19-33(31)42(24-12-26-57(47,48)49)35(39)13-11-14-36-40(3,21-9-5-8-16-38(45)46)32-28-30(59(53,54)55)18-20-34(32)43(36)23-10-6-7-15-37(44)41-22-25-56-4/h11,13-14,17-20,27-28H,5-10,12,15-16,21-26H2,1-4H3,(H4-,41,44,45,46,47,48,49,50,51,52,53,54,55)/p+1. The summed E-state index contributed by atoms with van der Waals surface area (Å²) in [4.78, 5) is 24.8. The molecule has 19 heteroatoms. The number of hydrogen-bond acceptors (Lipinski definition) is 10. The molecule has 2 aromatic rings. The van der Waals surface area contributed by atoms with E-state index in [9.17, 15) is 53.6 Å². The summed E-state index contributed by atoms with van der Waals surface area (Å²) in [5.41, 5.74) is 2.35. The number of carboxylic acid groups (broad SMARTS) is 1. The van der Waals surface area contributed by atoms with Gasteiger partial charge in [0.2, 0.25) is 11.6 Å². The molecule has 2 aromatic carbocycles. The van der Waals surface area contributed by atoms with Crippen molar-refractivity contribution in [2.75, 3.05) is 44.0 Å². The summed E-state index contributed by atoms with van der Waals surface area (Å²) in [5.74, 6) is -1.49. The Kier molecular flexibility index (Phi) is 15.8. The Morgan fingerprint density at radius 3 is 2.08 bits per heavy atom. The molecule has 0 aromatic heterocycles. The lowest BCUT2D eigenvalue weighted by atomic mass is 9.75. The number of carbonyl (C=O) groups is 2. The molecule has 1 unspecified atom stereocenters. The quantitative estimate of drug-likeness (QED) is 0.0533. The number of rotatable bonds is 23. The van der Waals surface area contributed by atoms with Gasteiger partial charge in [0, 0.05) is 74.0 Å². The Hall–Kier alpha value is -3.98. The van der Waals surface area contributed by atoms with E-state index in [1.165, 1.54) is 24.3 Å². The first-order chi connectivity index (χ1) is 27.5. The number of allylic oxidation sites excluding steroid dienone is 4. The van der Waals surface area contributed by atoms with Crippen molar-refractivity contribution < 1.29 is 62.9 Å². The van der Waals surface area contributed by atoms with Crippen LogP contribution in [0.2, 0.25) is 0 Å². The highest BCUT2D eigenvalue weighted by Crippen LogP contribution is 2.49. The van der Waals surface area contributed by atoms with E-state index in [-0.39, 0.29) is 35.1 Å². The van der Waals surface area contributed by atoms with Gasteiger partial charge in [-0.05, 0) is 81.0 Å². The molecule has 0 bridgehead atoms. The lowest BCUT2D eigenvalue weighted by Crippen LogP contribution is -2.32. The van der Waals surface area contributed by atoms with Gasteiger partial charge in [-0.1, -0.05) is 32.8 Å². The summed E-state index contributed by atoms with van der Waals surface area (Å²) >= 11 is 0. The molecule has 16 nitrogen and oxygen atoms in total. The van der Waals surface area contributed by atoms with Crippen LogP contribution in [-0.4, -0.2) is 105 Å². The fourth-order valence-corrected chi connectivity index (χ4v) is 9.44. The highest BCUT2D eigenvalue weighted by atomic mass is 32.2. The monoisotopic (exact) mass is 882 g/mol. The van der Waals surface area contributed by atoms with Crippen molar-refractivity contribution in [3.05, 3.63) is 71.5 Å². The fraction of sp³-hybridized carbons (Fsp3) is 0.525. The Balaban J connectivity index is 1.79. The Morgan fingerprint density at radius 2 is 1.46 bits per heavy atom. The zero-order valence-corrected chi connectivity index (χ0v) is 36.3. The largest absolute Gasteiger partial charge is 0.481 e. The molecule has 0 radical (unpaired) electrons. The Labute approximate surface area is 347 Å². The summed E-state index contributed by atoms with van der Waals surface area (Å²) in [6.45, 7) is 7.16. The lowest BCUT2D eigenvalue weighted by molar-refractivity contribution is -0.438. The zero-order valence-electron chi connectivity index (χ0n) is 33.9. The number of aliphatic carboxylic acids is 1. The number of nitrogens with one attached hydrogen (secondary N) is 1. The van der Waals surface area contributed by atoms with E-state index in [0.29, 0.717) is 93.6 Å². The number of unbranched alkanes of at least 4 members (excludes halogenated alkanes) is 4. The maximum atomic E-state index is 12.4. The SMILES string of the molecule is COCCNC(=O)CCCCC[N+]1=C(/C=C/C=C2/N(CCCS(=O)(=O)O)c3ccc(S(=O)(=O)O)cc3C2(C)C)C(C)(CCCCCC(=O)O)c2cc(S(=O)(=O)O)ccc21. The molecular formula is C40H56N3O13S3+. The first-order valence-electron chi connectivity index (χ1n) is 19.5. The van der Waals surface area contributed by atoms with Gasteiger partial charge >= 0.3 is 5.97 Å². The molecule has 5 N–H and O–H groups in total. The average Bonchev–Trinajstić information content (AvgIpc) is 3.49. The third-order valence-corrected chi connectivity index (χ3v) is 13.4. The number of ether oxygens (including phenoxy) is 1. The minimum absolute atomic E-state index is 0.00537. The van der Waals surface area contributed by atoms with Gasteiger partial charge in [-0.3, -0.25) is 23.2 Å². The third kappa shape index (κ3) is 12.3. The molecule has 59 heavy (non-hydrogen) atoms. The van der Waals surface area contributed by atoms with Gasteiger partial charge in [0.25, 0.3) is 30.4 Å². The van der Waals surface area contributed by atoms with Gasteiger partial charge in [0.05, 0.1) is 27.6 Å². The van der Waals surface area contributed by atoms with Crippen LogP contribution >= 0.6 is 0 Å². The highest BCUT2D eigenvalue weighted by Gasteiger charge is 2.48. The van der Waals surface area contributed by atoms with Gasteiger partial charge in [-0.15, -0.1) is 0 Å². The molecular weight excluding hydrogens is 827 g/mol. The maximum absolute atomic E-state index is 12.4. The molecule has 2 heterocycles.